The molecule has 2 rings (SSSR count). The Labute approximate surface area is 161 Å². The predicted molar refractivity (Wildman–Crippen MR) is 101 cm³/mol. The second-order valence-electron chi connectivity index (χ2n) is 7.03. The zero-order valence-corrected chi connectivity index (χ0v) is 17.0. The minimum Gasteiger partial charge on any atom is -0.463 e. The summed E-state index contributed by atoms with van der Waals surface area (Å²) in [5.41, 5.74) is 0.868. The SMILES string of the molecule is COC(=O)c1occc1COC(=O)c1c(NC(=O)C(C)(C)C)sc(C)c1C. The van der Waals surface area contributed by atoms with Gasteiger partial charge in [0.25, 0.3) is 0 Å². The maximum absolute atomic E-state index is 12.7. The molecule has 0 aliphatic rings. The lowest BCUT2D eigenvalue weighted by Crippen LogP contribution is -2.28. The molecule has 0 saturated heterocycles. The van der Waals surface area contributed by atoms with Gasteiger partial charge in [0.2, 0.25) is 11.7 Å². The molecule has 2 aromatic rings. The van der Waals surface area contributed by atoms with Crippen LogP contribution in [0.5, 0.6) is 0 Å². The van der Waals surface area contributed by atoms with Crippen LogP contribution in [0, 0.1) is 19.3 Å². The third-order valence-electron chi connectivity index (χ3n) is 3.97. The maximum atomic E-state index is 12.7. The van der Waals surface area contributed by atoms with Gasteiger partial charge in [-0.05, 0) is 25.5 Å². The highest BCUT2D eigenvalue weighted by Crippen LogP contribution is 2.34. The van der Waals surface area contributed by atoms with Crippen LogP contribution in [0.15, 0.2) is 16.7 Å². The molecule has 0 bridgehead atoms. The number of thiophene rings is 1. The van der Waals surface area contributed by atoms with Crippen molar-refractivity contribution in [2.45, 2.75) is 41.2 Å². The molecular formula is C19H23NO6S. The first kappa shape index (κ1) is 20.7. The summed E-state index contributed by atoms with van der Waals surface area (Å²) in [6.45, 7) is 8.89. The van der Waals surface area contributed by atoms with Gasteiger partial charge in [-0.3, -0.25) is 4.79 Å². The highest BCUT2D eigenvalue weighted by Gasteiger charge is 2.27. The van der Waals surface area contributed by atoms with Gasteiger partial charge in [-0.25, -0.2) is 9.59 Å². The van der Waals surface area contributed by atoms with Gasteiger partial charge in [0.05, 0.1) is 18.9 Å². The van der Waals surface area contributed by atoms with Crippen molar-refractivity contribution in [2.75, 3.05) is 12.4 Å². The minimum absolute atomic E-state index is 0.00946. The minimum atomic E-state index is -0.647. The van der Waals surface area contributed by atoms with Gasteiger partial charge >= 0.3 is 11.9 Å². The van der Waals surface area contributed by atoms with E-state index in [1.165, 1.54) is 30.8 Å². The van der Waals surface area contributed by atoms with Gasteiger partial charge in [-0.15, -0.1) is 11.3 Å². The molecule has 1 amide bonds. The molecule has 0 spiro atoms. The highest BCUT2D eigenvalue weighted by molar-refractivity contribution is 7.16. The molecule has 0 aliphatic heterocycles. The predicted octanol–water partition coefficient (Wildman–Crippen LogP) is 4.09. The fraction of sp³-hybridized carbons (Fsp3) is 0.421. The van der Waals surface area contributed by atoms with Crippen LogP contribution >= 0.6 is 11.3 Å². The first-order chi connectivity index (χ1) is 12.6. The maximum Gasteiger partial charge on any atom is 0.374 e. The average molecular weight is 393 g/mol. The molecule has 0 aromatic carbocycles. The second-order valence-corrected chi connectivity index (χ2v) is 8.26. The number of esters is 2. The number of furan rings is 1. The Bertz CT molecular complexity index is 871. The quantitative estimate of drug-likeness (QED) is 0.769. The molecule has 0 radical (unpaired) electrons. The monoisotopic (exact) mass is 393 g/mol. The van der Waals surface area contributed by atoms with Crippen molar-refractivity contribution in [3.05, 3.63) is 39.7 Å². The fourth-order valence-electron chi connectivity index (χ4n) is 2.19. The van der Waals surface area contributed by atoms with Crippen LogP contribution in [0.25, 0.3) is 0 Å². The summed E-state index contributed by atoms with van der Waals surface area (Å²) in [5, 5.41) is 3.27. The lowest BCUT2D eigenvalue weighted by molar-refractivity contribution is -0.123. The van der Waals surface area contributed by atoms with Crippen LogP contribution < -0.4 is 5.32 Å². The Balaban J connectivity index is 2.21. The summed E-state index contributed by atoms with van der Waals surface area (Å²) in [6, 6.07) is 1.54. The summed E-state index contributed by atoms with van der Waals surface area (Å²) < 4.78 is 15.1. The zero-order chi connectivity index (χ0) is 20.4. The van der Waals surface area contributed by atoms with Crippen molar-refractivity contribution >= 4 is 34.2 Å². The van der Waals surface area contributed by atoms with E-state index in [0.29, 0.717) is 16.1 Å². The standard InChI is InChI=1S/C19H23NO6S/c1-10-11(2)27-15(20-18(23)19(3,4)5)13(10)16(21)26-9-12-7-8-25-14(12)17(22)24-6/h7-8H,9H2,1-6H3,(H,20,23). The number of carbonyl (C=O) groups excluding carboxylic acids is 3. The van der Waals surface area contributed by atoms with E-state index in [2.05, 4.69) is 10.1 Å². The summed E-state index contributed by atoms with van der Waals surface area (Å²) in [5.74, 6) is -1.43. The van der Waals surface area contributed by atoms with Crippen molar-refractivity contribution < 1.29 is 28.3 Å². The molecule has 1 N–H and O–H groups in total. The zero-order valence-electron chi connectivity index (χ0n) is 16.2. The van der Waals surface area contributed by atoms with Gasteiger partial charge in [0.15, 0.2) is 0 Å². The molecule has 0 unspecified atom stereocenters. The number of nitrogens with one attached hydrogen (secondary N) is 1. The molecule has 0 aliphatic carbocycles. The number of methoxy groups -OCH3 is 1. The second kappa shape index (κ2) is 7.96. The Morgan fingerprint density at radius 1 is 1.19 bits per heavy atom. The van der Waals surface area contributed by atoms with E-state index in [1.807, 2.05) is 6.92 Å². The van der Waals surface area contributed by atoms with E-state index in [-0.39, 0.29) is 18.3 Å². The van der Waals surface area contributed by atoms with E-state index in [0.717, 1.165) is 10.4 Å². The van der Waals surface area contributed by atoms with Gasteiger partial charge in [0.1, 0.15) is 11.6 Å². The van der Waals surface area contributed by atoms with Gasteiger partial charge in [-0.1, -0.05) is 20.8 Å². The number of hydrogen-bond acceptors (Lipinski definition) is 7. The number of ether oxygens (including phenoxy) is 2. The Morgan fingerprint density at radius 2 is 1.85 bits per heavy atom. The third kappa shape index (κ3) is 4.57. The topological polar surface area (TPSA) is 94.8 Å². The fourth-order valence-corrected chi connectivity index (χ4v) is 3.23. The van der Waals surface area contributed by atoms with Crippen LogP contribution in [-0.2, 0) is 20.9 Å². The lowest BCUT2D eigenvalue weighted by atomic mass is 9.96. The van der Waals surface area contributed by atoms with Crippen LogP contribution in [0.4, 0.5) is 5.00 Å². The van der Waals surface area contributed by atoms with Crippen LogP contribution in [0.2, 0.25) is 0 Å². The van der Waals surface area contributed by atoms with E-state index < -0.39 is 17.4 Å². The molecule has 0 fully saturated rings. The van der Waals surface area contributed by atoms with Gasteiger partial charge in [-0.2, -0.15) is 0 Å². The Morgan fingerprint density at radius 3 is 2.44 bits per heavy atom. The van der Waals surface area contributed by atoms with E-state index in [4.69, 9.17) is 9.15 Å². The smallest absolute Gasteiger partial charge is 0.374 e. The van der Waals surface area contributed by atoms with Crippen LogP contribution in [-0.4, -0.2) is 25.0 Å². The number of carbonyl (C=O) groups is 3. The molecular weight excluding hydrogens is 370 g/mol. The van der Waals surface area contributed by atoms with Gasteiger partial charge in [0, 0.05) is 15.9 Å². The van der Waals surface area contributed by atoms with E-state index in [1.54, 1.807) is 27.7 Å². The van der Waals surface area contributed by atoms with E-state index >= 15 is 0 Å². The average Bonchev–Trinajstić information content (AvgIpc) is 3.16. The summed E-state index contributed by atoms with van der Waals surface area (Å²) in [7, 11) is 1.24. The summed E-state index contributed by atoms with van der Waals surface area (Å²) >= 11 is 1.32. The number of anilines is 1. The molecule has 2 aromatic heterocycles. The van der Waals surface area contributed by atoms with Crippen molar-refractivity contribution in [2.24, 2.45) is 5.41 Å². The number of aryl methyl sites for hydroxylation is 1. The van der Waals surface area contributed by atoms with Crippen molar-refractivity contribution in [1.82, 2.24) is 0 Å². The number of rotatable bonds is 5. The van der Waals surface area contributed by atoms with Gasteiger partial charge < -0.3 is 19.2 Å². The third-order valence-corrected chi connectivity index (χ3v) is 5.10. The molecule has 27 heavy (non-hydrogen) atoms. The molecule has 0 saturated carbocycles. The number of hydrogen-bond donors (Lipinski definition) is 1. The molecule has 7 nitrogen and oxygen atoms in total. The lowest BCUT2D eigenvalue weighted by Gasteiger charge is -2.17. The molecule has 0 atom stereocenters. The Kier molecular flexibility index (Phi) is 6.10. The van der Waals surface area contributed by atoms with Crippen LogP contribution in [0.3, 0.4) is 0 Å². The summed E-state index contributed by atoms with van der Waals surface area (Å²) in [6.07, 6.45) is 1.32. The summed E-state index contributed by atoms with van der Waals surface area (Å²) in [4.78, 5) is 37.5. The van der Waals surface area contributed by atoms with Crippen molar-refractivity contribution in [1.29, 1.82) is 0 Å². The molecule has 8 heteroatoms. The van der Waals surface area contributed by atoms with Crippen molar-refractivity contribution in [3.8, 4) is 0 Å². The normalized spacial score (nSPS) is 11.2. The van der Waals surface area contributed by atoms with E-state index in [9.17, 15) is 14.4 Å². The Hall–Kier alpha value is -2.61. The molecule has 2 heterocycles. The van der Waals surface area contributed by atoms with Crippen LogP contribution in [0.1, 0.15) is 57.7 Å². The molecule has 146 valence electrons. The van der Waals surface area contributed by atoms with Crippen molar-refractivity contribution in [3.63, 3.8) is 0 Å². The first-order valence-electron chi connectivity index (χ1n) is 8.29. The largest absolute Gasteiger partial charge is 0.463 e. The first-order valence-corrected chi connectivity index (χ1v) is 9.11. The highest BCUT2D eigenvalue weighted by atomic mass is 32.1. The number of amides is 1.